The van der Waals surface area contributed by atoms with Crippen LogP contribution in [0.5, 0.6) is 11.8 Å². The molecule has 0 atom stereocenters. The third kappa shape index (κ3) is 5.33. The van der Waals surface area contributed by atoms with E-state index in [0.29, 0.717) is 38.5 Å². The summed E-state index contributed by atoms with van der Waals surface area (Å²) in [5.74, 6) is -2.12. The van der Waals surface area contributed by atoms with Crippen molar-refractivity contribution in [3.63, 3.8) is 0 Å². The third-order valence-electron chi connectivity index (χ3n) is 6.89. The molecule has 3 heterocycles. The Morgan fingerprint density at radius 1 is 1.21 bits per heavy atom. The number of phenols is 1. The summed E-state index contributed by atoms with van der Waals surface area (Å²) in [5, 5.41) is 10.4. The lowest BCUT2D eigenvalue weighted by Gasteiger charge is -2.41. The Kier molecular flexibility index (Phi) is 7.30. The summed E-state index contributed by atoms with van der Waals surface area (Å²) in [4.78, 5) is 26.2. The predicted octanol–water partition coefficient (Wildman–Crippen LogP) is 4.19. The van der Waals surface area contributed by atoms with Gasteiger partial charge in [0.2, 0.25) is 5.91 Å². The van der Waals surface area contributed by atoms with Crippen LogP contribution in [0.2, 0.25) is 5.02 Å². The molecule has 0 aliphatic carbocycles. The van der Waals surface area contributed by atoms with Gasteiger partial charge in [-0.2, -0.15) is 9.97 Å². The maximum absolute atomic E-state index is 16.1. The van der Waals surface area contributed by atoms with Crippen LogP contribution in [0.4, 0.5) is 19.0 Å². The Morgan fingerprint density at radius 3 is 2.56 bits per heavy atom. The minimum atomic E-state index is -1.22. The van der Waals surface area contributed by atoms with E-state index in [9.17, 15) is 18.7 Å². The zero-order valence-electron chi connectivity index (χ0n) is 21.3. The number of piperazine rings is 1. The van der Waals surface area contributed by atoms with E-state index >= 15 is 4.39 Å². The number of ether oxygens (including phenoxy) is 1. The second kappa shape index (κ2) is 10.5. The Morgan fingerprint density at radius 2 is 1.92 bits per heavy atom. The number of alkyl halides is 1. The predicted molar refractivity (Wildman–Crippen MR) is 142 cm³/mol. The van der Waals surface area contributed by atoms with Crippen LogP contribution in [-0.2, 0) is 4.79 Å². The summed E-state index contributed by atoms with van der Waals surface area (Å²) in [5.41, 5.74) is -2.10. The van der Waals surface area contributed by atoms with Crippen LogP contribution < -0.4 is 9.64 Å². The summed E-state index contributed by atoms with van der Waals surface area (Å²) in [6, 6.07) is 4.95. The smallest absolute Gasteiger partial charge is 0.319 e. The third-order valence-corrected chi connectivity index (χ3v) is 7.19. The zero-order valence-corrected chi connectivity index (χ0v) is 22.0. The molecule has 0 unspecified atom stereocenters. The van der Waals surface area contributed by atoms with Gasteiger partial charge < -0.3 is 19.6 Å². The number of phenolic OH excluding ortho intramolecular Hbond substituents is 1. The lowest BCUT2D eigenvalue weighted by Crippen LogP contribution is -2.57. The van der Waals surface area contributed by atoms with Crippen LogP contribution in [0, 0.1) is 11.6 Å². The molecule has 3 aromatic rings. The highest BCUT2D eigenvalue weighted by molar-refractivity contribution is 6.34. The number of halogens is 4. The Bertz CT molecular complexity index is 1420. The summed E-state index contributed by atoms with van der Waals surface area (Å²) < 4.78 is 50.3. The van der Waals surface area contributed by atoms with E-state index in [-0.39, 0.29) is 58.7 Å². The first kappa shape index (κ1) is 27.0. The van der Waals surface area contributed by atoms with Gasteiger partial charge in [0, 0.05) is 56.8 Å². The van der Waals surface area contributed by atoms with Crippen molar-refractivity contribution in [2.24, 2.45) is 0 Å². The number of hydrogen-bond acceptors (Lipinski definition) is 7. The first-order valence-electron chi connectivity index (χ1n) is 12.5. The van der Waals surface area contributed by atoms with Gasteiger partial charge in [0.25, 0.3) is 0 Å². The number of carbonyl (C=O) groups is 1. The zero-order chi connectivity index (χ0) is 27.9. The fourth-order valence-electron chi connectivity index (χ4n) is 5.03. The van der Waals surface area contributed by atoms with Crippen LogP contribution in [0.3, 0.4) is 0 Å². The number of aromatic hydroxyl groups is 1. The van der Waals surface area contributed by atoms with E-state index in [2.05, 4.69) is 16.5 Å². The second-order valence-electron chi connectivity index (χ2n) is 9.90. The van der Waals surface area contributed by atoms with Gasteiger partial charge in [0.05, 0.1) is 10.6 Å². The van der Waals surface area contributed by atoms with Gasteiger partial charge >= 0.3 is 6.01 Å². The number of rotatable bonds is 7. The molecule has 0 bridgehead atoms. The fraction of sp³-hybridized carbons (Fsp3) is 0.370. The maximum atomic E-state index is 16.1. The van der Waals surface area contributed by atoms with E-state index in [1.807, 2.05) is 9.80 Å². The van der Waals surface area contributed by atoms with Crippen LogP contribution in [0.25, 0.3) is 22.0 Å². The van der Waals surface area contributed by atoms with Gasteiger partial charge in [-0.25, -0.2) is 13.2 Å². The van der Waals surface area contributed by atoms with Crippen molar-refractivity contribution < 1.29 is 27.8 Å². The van der Waals surface area contributed by atoms with Crippen LogP contribution in [-0.4, -0.2) is 88.9 Å². The number of likely N-dealkylation sites (tertiary alicyclic amines) is 1. The number of amides is 1. The summed E-state index contributed by atoms with van der Waals surface area (Å²) in [6.45, 7) is 7.76. The summed E-state index contributed by atoms with van der Waals surface area (Å²) >= 11 is 6.46. The molecule has 0 saturated carbocycles. The van der Waals surface area contributed by atoms with Crippen molar-refractivity contribution in [1.29, 1.82) is 0 Å². The van der Waals surface area contributed by atoms with Crippen LogP contribution >= 0.6 is 11.6 Å². The normalized spacial score (nSPS) is 17.3. The molecule has 2 aliphatic rings. The van der Waals surface area contributed by atoms with Crippen molar-refractivity contribution in [3.8, 4) is 22.9 Å². The van der Waals surface area contributed by atoms with Crippen molar-refractivity contribution in [1.82, 2.24) is 19.8 Å². The lowest BCUT2D eigenvalue weighted by atomic mass is 9.99. The molecule has 1 N–H and O–H groups in total. The number of carbonyl (C=O) groups excluding carboxylic acids is 1. The molecule has 39 heavy (non-hydrogen) atoms. The Labute approximate surface area is 228 Å². The average molecular weight is 562 g/mol. The minimum absolute atomic E-state index is 0.115. The highest BCUT2D eigenvalue weighted by Gasteiger charge is 2.38. The molecule has 8 nitrogen and oxygen atoms in total. The van der Waals surface area contributed by atoms with Gasteiger partial charge in [-0.3, -0.25) is 9.69 Å². The molecule has 2 aliphatic heterocycles. The molecule has 5 rings (SSSR count). The first-order chi connectivity index (χ1) is 18.6. The summed E-state index contributed by atoms with van der Waals surface area (Å²) in [6.07, 6.45) is 1.25. The standard InChI is InChI=1S/C27H27ClF3N5O3/c1-3-20(38)35-7-9-36(10-8-35)25-16-13-17(28)21(22-18(29)5-4-6-19(22)37)23(30)24(16)32-26(33-25)39-12-11-34-14-27(2,31)15-34/h3-6,13,37H,1,7-12,14-15H2,2H3. The Balaban J connectivity index is 1.53. The minimum Gasteiger partial charge on any atom is -0.507 e. The molecule has 2 saturated heterocycles. The monoisotopic (exact) mass is 561 g/mol. The van der Waals surface area contributed by atoms with Gasteiger partial charge in [-0.15, -0.1) is 0 Å². The maximum Gasteiger partial charge on any atom is 0.319 e. The van der Waals surface area contributed by atoms with Gasteiger partial charge in [0.15, 0.2) is 5.82 Å². The highest BCUT2D eigenvalue weighted by Crippen LogP contribution is 2.42. The molecule has 0 spiro atoms. The first-order valence-corrected chi connectivity index (χ1v) is 12.8. The molecule has 206 valence electrons. The average Bonchev–Trinajstić information content (AvgIpc) is 2.89. The van der Waals surface area contributed by atoms with Crippen molar-refractivity contribution >= 4 is 34.2 Å². The number of nitrogens with zero attached hydrogens (tertiary/aromatic N) is 5. The molecule has 0 radical (unpaired) electrons. The molecular weight excluding hydrogens is 535 g/mol. The van der Waals surface area contributed by atoms with Gasteiger partial charge in [0.1, 0.15) is 35.2 Å². The van der Waals surface area contributed by atoms with E-state index < -0.39 is 23.1 Å². The molecule has 12 heteroatoms. The number of fused-ring (bicyclic) bond motifs is 1. The number of benzene rings is 2. The highest BCUT2D eigenvalue weighted by atomic mass is 35.5. The SMILES string of the molecule is C=CC(=O)N1CCN(c2nc(OCCN3CC(C)(F)C3)nc3c(F)c(-c4c(O)cccc4F)c(Cl)cc23)CC1. The van der Waals surface area contributed by atoms with E-state index in [4.69, 9.17) is 16.3 Å². The molecule has 2 fully saturated rings. The number of hydrogen-bond donors (Lipinski definition) is 1. The molecular formula is C27H27ClF3N5O3. The van der Waals surface area contributed by atoms with Crippen molar-refractivity contribution in [3.05, 3.63) is 53.6 Å². The van der Waals surface area contributed by atoms with Crippen LogP contribution in [0.1, 0.15) is 6.92 Å². The van der Waals surface area contributed by atoms with E-state index in [1.165, 1.54) is 31.2 Å². The van der Waals surface area contributed by atoms with Crippen molar-refractivity contribution in [2.45, 2.75) is 12.6 Å². The van der Waals surface area contributed by atoms with Crippen molar-refractivity contribution in [2.75, 3.05) is 57.3 Å². The quantitative estimate of drug-likeness (QED) is 0.433. The molecule has 2 aromatic carbocycles. The topological polar surface area (TPSA) is 82.0 Å². The summed E-state index contributed by atoms with van der Waals surface area (Å²) in [7, 11) is 0. The largest absolute Gasteiger partial charge is 0.507 e. The van der Waals surface area contributed by atoms with E-state index in [1.54, 1.807) is 4.90 Å². The lowest BCUT2D eigenvalue weighted by molar-refractivity contribution is -0.126. The number of anilines is 1. The van der Waals surface area contributed by atoms with Gasteiger partial charge in [-0.1, -0.05) is 24.2 Å². The Hall–Kier alpha value is -3.57. The van der Waals surface area contributed by atoms with E-state index in [0.717, 1.165) is 6.07 Å². The second-order valence-corrected chi connectivity index (χ2v) is 10.3. The van der Waals surface area contributed by atoms with Crippen LogP contribution in [0.15, 0.2) is 36.9 Å². The molecule has 1 amide bonds. The fourth-order valence-corrected chi connectivity index (χ4v) is 5.32. The number of aromatic nitrogens is 2. The van der Waals surface area contributed by atoms with Gasteiger partial charge in [-0.05, 0) is 31.2 Å². The molecule has 1 aromatic heterocycles.